The predicted molar refractivity (Wildman–Crippen MR) is 50.1 cm³/mol. The second kappa shape index (κ2) is 4.96. The Morgan fingerprint density at radius 1 is 1.50 bits per heavy atom. The molecule has 0 spiro atoms. The van der Waals surface area contributed by atoms with E-state index in [0.29, 0.717) is 6.42 Å². The van der Waals surface area contributed by atoms with E-state index in [2.05, 4.69) is 0 Å². The fourth-order valence-corrected chi connectivity index (χ4v) is 1.47. The van der Waals surface area contributed by atoms with Gasteiger partial charge in [-0.05, 0) is 19.8 Å². The van der Waals surface area contributed by atoms with Gasteiger partial charge in [0.2, 0.25) is 0 Å². The molecule has 0 aliphatic heterocycles. The van der Waals surface area contributed by atoms with Gasteiger partial charge in [0.25, 0.3) is 0 Å². The normalized spacial score (nSPS) is 16.2. The molecule has 12 heavy (non-hydrogen) atoms. The van der Waals surface area contributed by atoms with E-state index in [1.165, 1.54) is 0 Å². The van der Waals surface area contributed by atoms with Gasteiger partial charge < -0.3 is 5.11 Å². The van der Waals surface area contributed by atoms with Gasteiger partial charge in [0, 0.05) is 0 Å². The molecule has 0 aromatic carbocycles. The van der Waals surface area contributed by atoms with Crippen LogP contribution in [-0.4, -0.2) is 11.1 Å². The van der Waals surface area contributed by atoms with Gasteiger partial charge in [-0.1, -0.05) is 32.4 Å². The summed E-state index contributed by atoms with van der Waals surface area (Å²) in [5.74, 6) is -0.704. The van der Waals surface area contributed by atoms with Gasteiger partial charge in [0.05, 0.1) is 5.41 Å². The molecule has 0 aliphatic rings. The maximum Gasteiger partial charge on any atom is 0.313 e. The largest absolute Gasteiger partial charge is 0.481 e. The summed E-state index contributed by atoms with van der Waals surface area (Å²) in [6.07, 6.45) is 5.93. The van der Waals surface area contributed by atoms with E-state index in [9.17, 15) is 4.79 Å². The number of rotatable bonds is 5. The van der Waals surface area contributed by atoms with Crippen LogP contribution in [0.5, 0.6) is 0 Å². The Labute approximate surface area is 74.3 Å². The first-order valence-corrected chi connectivity index (χ1v) is 4.50. The quantitative estimate of drug-likeness (QED) is 0.644. The van der Waals surface area contributed by atoms with Crippen molar-refractivity contribution < 1.29 is 9.90 Å². The van der Waals surface area contributed by atoms with Crippen LogP contribution in [-0.2, 0) is 4.79 Å². The zero-order valence-corrected chi connectivity index (χ0v) is 8.13. The molecule has 0 aromatic rings. The minimum atomic E-state index is -0.704. The number of carbonyl (C=O) groups is 1. The number of carboxylic acids is 1. The lowest BCUT2D eigenvalue weighted by Crippen LogP contribution is -2.27. The predicted octanol–water partition coefficient (Wildman–Crippen LogP) is 2.84. The van der Waals surface area contributed by atoms with E-state index < -0.39 is 11.4 Å². The zero-order chi connectivity index (χ0) is 9.61. The summed E-state index contributed by atoms with van der Waals surface area (Å²) in [5, 5.41) is 9.03. The molecule has 0 rings (SSSR count). The van der Waals surface area contributed by atoms with Crippen LogP contribution in [0, 0.1) is 5.41 Å². The van der Waals surface area contributed by atoms with Crippen LogP contribution in [0.1, 0.15) is 40.0 Å². The van der Waals surface area contributed by atoms with Crippen LogP contribution in [0.3, 0.4) is 0 Å². The van der Waals surface area contributed by atoms with Crippen molar-refractivity contribution in [1.82, 2.24) is 0 Å². The molecule has 1 atom stereocenters. The number of hydrogen-bond acceptors (Lipinski definition) is 1. The highest BCUT2D eigenvalue weighted by Gasteiger charge is 2.32. The molecule has 1 unspecified atom stereocenters. The molecule has 0 aliphatic carbocycles. The summed E-state index contributed by atoms with van der Waals surface area (Å²) < 4.78 is 0. The van der Waals surface area contributed by atoms with E-state index >= 15 is 0 Å². The van der Waals surface area contributed by atoms with Crippen molar-refractivity contribution in [3.63, 3.8) is 0 Å². The van der Waals surface area contributed by atoms with Crippen molar-refractivity contribution in [2.75, 3.05) is 0 Å². The van der Waals surface area contributed by atoms with Crippen LogP contribution in [0.4, 0.5) is 0 Å². The van der Waals surface area contributed by atoms with E-state index in [1.807, 2.05) is 26.8 Å². The SMILES string of the molecule is CC=CC(CC)(CCC)C(=O)O. The smallest absolute Gasteiger partial charge is 0.313 e. The fourth-order valence-electron chi connectivity index (χ4n) is 1.47. The third kappa shape index (κ3) is 2.36. The van der Waals surface area contributed by atoms with Gasteiger partial charge in [-0.2, -0.15) is 0 Å². The maximum atomic E-state index is 11.0. The van der Waals surface area contributed by atoms with Crippen LogP contribution in [0.25, 0.3) is 0 Å². The second-order valence-corrected chi connectivity index (χ2v) is 3.06. The molecular weight excluding hydrogens is 152 g/mol. The van der Waals surface area contributed by atoms with Gasteiger partial charge in [-0.15, -0.1) is 0 Å². The maximum absolute atomic E-state index is 11.0. The molecule has 0 amide bonds. The average Bonchev–Trinajstić information content (AvgIpc) is 2.03. The van der Waals surface area contributed by atoms with Crippen molar-refractivity contribution in [3.8, 4) is 0 Å². The Kier molecular flexibility index (Phi) is 4.64. The lowest BCUT2D eigenvalue weighted by Gasteiger charge is -2.23. The summed E-state index contributed by atoms with van der Waals surface area (Å²) in [7, 11) is 0. The monoisotopic (exact) mass is 170 g/mol. The van der Waals surface area contributed by atoms with E-state index in [4.69, 9.17) is 5.11 Å². The Bertz CT molecular complexity index is 173. The standard InChI is InChI=1S/C10H18O2/c1-4-7-10(6-3,8-5-2)9(11)12/h4,7H,5-6,8H2,1-3H3,(H,11,12). The van der Waals surface area contributed by atoms with Crippen molar-refractivity contribution in [3.05, 3.63) is 12.2 Å². The van der Waals surface area contributed by atoms with Crippen molar-refractivity contribution in [2.24, 2.45) is 5.41 Å². The Morgan fingerprint density at radius 3 is 2.33 bits per heavy atom. The lowest BCUT2D eigenvalue weighted by atomic mass is 9.80. The minimum Gasteiger partial charge on any atom is -0.481 e. The van der Waals surface area contributed by atoms with Gasteiger partial charge in [-0.3, -0.25) is 4.79 Å². The summed E-state index contributed by atoms with van der Waals surface area (Å²) >= 11 is 0. The van der Waals surface area contributed by atoms with E-state index in [-0.39, 0.29) is 0 Å². The van der Waals surface area contributed by atoms with Gasteiger partial charge in [0.15, 0.2) is 0 Å². The Hall–Kier alpha value is -0.790. The van der Waals surface area contributed by atoms with Crippen LogP contribution in [0.15, 0.2) is 12.2 Å². The molecule has 2 nitrogen and oxygen atoms in total. The Morgan fingerprint density at radius 2 is 2.08 bits per heavy atom. The molecule has 0 bridgehead atoms. The molecule has 2 heteroatoms. The molecule has 0 aromatic heterocycles. The summed E-state index contributed by atoms with van der Waals surface area (Å²) in [6, 6.07) is 0. The van der Waals surface area contributed by atoms with E-state index in [0.717, 1.165) is 12.8 Å². The lowest BCUT2D eigenvalue weighted by molar-refractivity contribution is -0.146. The molecule has 0 fully saturated rings. The third-order valence-electron chi connectivity index (χ3n) is 2.24. The van der Waals surface area contributed by atoms with Crippen molar-refractivity contribution >= 4 is 5.97 Å². The number of hydrogen-bond donors (Lipinski definition) is 1. The van der Waals surface area contributed by atoms with Crippen LogP contribution in [0.2, 0.25) is 0 Å². The highest BCUT2D eigenvalue weighted by molar-refractivity contribution is 5.76. The Balaban J connectivity index is 4.62. The summed E-state index contributed by atoms with van der Waals surface area (Å²) in [6.45, 7) is 5.80. The highest BCUT2D eigenvalue weighted by Crippen LogP contribution is 2.30. The molecule has 0 saturated carbocycles. The molecule has 0 radical (unpaired) electrons. The van der Waals surface area contributed by atoms with Crippen molar-refractivity contribution in [2.45, 2.75) is 40.0 Å². The van der Waals surface area contributed by atoms with Crippen LogP contribution < -0.4 is 0 Å². The molecule has 0 heterocycles. The minimum absolute atomic E-state index is 0.622. The van der Waals surface area contributed by atoms with Crippen molar-refractivity contribution in [1.29, 1.82) is 0 Å². The zero-order valence-electron chi connectivity index (χ0n) is 8.13. The fraction of sp³-hybridized carbons (Fsp3) is 0.700. The molecule has 1 N–H and O–H groups in total. The number of aliphatic carboxylic acids is 1. The molecule has 0 saturated heterocycles. The second-order valence-electron chi connectivity index (χ2n) is 3.06. The third-order valence-corrected chi connectivity index (χ3v) is 2.24. The van der Waals surface area contributed by atoms with Crippen LogP contribution >= 0.6 is 0 Å². The van der Waals surface area contributed by atoms with E-state index in [1.54, 1.807) is 6.08 Å². The van der Waals surface area contributed by atoms with Gasteiger partial charge in [-0.25, -0.2) is 0 Å². The van der Waals surface area contributed by atoms with Gasteiger partial charge >= 0.3 is 5.97 Å². The number of allylic oxidation sites excluding steroid dienone is 1. The first kappa shape index (κ1) is 11.2. The first-order chi connectivity index (χ1) is 5.63. The van der Waals surface area contributed by atoms with Gasteiger partial charge in [0.1, 0.15) is 0 Å². The summed E-state index contributed by atoms with van der Waals surface area (Å²) in [4.78, 5) is 11.0. The first-order valence-electron chi connectivity index (χ1n) is 4.50. The molecular formula is C10H18O2. The summed E-state index contributed by atoms with van der Waals surface area (Å²) in [5.41, 5.74) is -0.622. The topological polar surface area (TPSA) is 37.3 Å². The number of carboxylic acid groups (broad SMARTS) is 1. The average molecular weight is 170 g/mol. The highest BCUT2D eigenvalue weighted by atomic mass is 16.4. The molecule has 70 valence electrons.